The first-order valence-electron chi connectivity index (χ1n) is 5.32. The largest absolute Gasteiger partial charge is 0.480 e. The molecule has 1 rings (SSSR count). The molecule has 0 aliphatic heterocycles. The van der Waals surface area contributed by atoms with Crippen LogP contribution >= 0.6 is 27.5 Å². The lowest BCUT2D eigenvalue weighted by molar-refractivity contribution is -0.140. The van der Waals surface area contributed by atoms with Crippen LogP contribution in [0.4, 0.5) is 0 Å². The van der Waals surface area contributed by atoms with Crippen molar-refractivity contribution in [1.29, 1.82) is 0 Å². The predicted octanol–water partition coefficient (Wildman–Crippen LogP) is 3.30. The van der Waals surface area contributed by atoms with Crippen LogP contribution in [0.1, 0.15) is 19.4 Å². The molecule has 0 unspecified atom stereocenters. The SMILES string of the molecule is CC(C)[C@@H](NCc1ccc(Cl)c(Br)c1)C(=O)O. The Kier molecular flexibility index (Phi) is 5.43. The zero-order valence-corrected chi connectivity index (χ0v) is 12.0. The van der Waals surface area contributed by atoms with Gasteiger partial charge in [-0.25, -0.2) is 0 Å². The van der Waals surface area contributed by atoms with Crippen molar-refractivity contribution in [3.8, 4) is 0 Å². The molecule has 0 saturated heterocycles. The molecule has 0 aliphatic rings. The van der Waals surface area contributed by atoms with Crippen molar-refractivity contribution in [3.63, 3.8) is 0 Å². The van der Waals surface area contributed by atoms with Gasteiger partial charge in [0.05, 0.1) is 5.02 Å². The van der Waals surface area contributed by atoms with Crippen molar-refractivity contribution >= 4 is 33.5 Å². The highest BCUT2D eigenvalue weighted by molar-refractivity contribution is 9.10. The van der Waals surface area contributed by atoms with E-state index in [1.807, 2.05) is 26.0 Å². The van der Waals surface area contributed by atoms with E-state index in [0.29, 0.717) is 11.6 Å². The minimum absolute atomic E-state index is 0.0447. The number of carboxylic acids is 1. The number of hydrogen-bond acceptors (Lipinski definition) is 2. The van der Waals surface area contributed by atoms with Crippen LogP contribution in [0.5, 0.6) is 0 Å². The van der Waals surface area contributed by atoms with Gasteiger partial charge in [-0.05, 0) is 39.5 Å². The normalized spacial score (nSPS) is 12.8. The number of carboxylic acid groups (broad SMARTS) is 1. The highest BCUT2D eigenvalue weighted by Crippen LogP contribution is 2.23. The van der Waals surface area contributed by atoms with Crippen molar-refractivity contribution in [3.05, 3.63) is 33.3 Å². The summed E-state index contributed by atoms with van der Waals surface area (Å²) in [6, 6.07) is 5.01. The molecule has 1 aromatic carbocycles. The fourth-order valence-electron chi connectivity index (χ4n) is 1.49. The van der Waals surface area contributed by atoms with Gasteiger partial charge >= 0.3 is 5.97 Å². The smallest absolute Gasteiger partial charge is 0.320 e. The van der Waals surface area contributed by atoms with E-state index < -0.39 is 12.0 Å². The predicted molar refractivity (Wildman–Crippen MR) is 72.3 cm³/mol. The summed E-state index contributed by atoms with van der Waals surface area (Å²) in [7, 11) is 0. The van der Waals surface area contributed by atoms with Crippen LogP contribution in [-0.2, 0) is 11.3 Å². The summed E-state index contributed by atoms with van der Waals surface area (Å²) < 4.78 is 0.815. The van der Waals surface area contributed by atoms with Crippen LogP contribution in [0.15, 0.2) is 22.7 Å². The summed E-state index contributed by atoms with van der Waals surface area (Å²) in [6.45, 7) is 4.26. The first kappa shape index (κ1) is 14.5. The molecular weight excluding hydrogens is 305 g/mol. The fourth-order valence-corrected chi connectivity index (χ4v) is 2.03. The van der Waals surface area contributed by atoms with Gasteiger partial charge in [-0.15, -0.1) is 0 Å². The zero-order valence-electron chi connectivity index (χ0n) is 9.71. The number of rotatable bonds is 5. The third-order valence-electron chi connectivity index (χ3n) is 2.44. The number of hydrogen-bond donors (Lipinski definition) is 2. The third-order valence-corrected chi connectivity index (χ3v) is 3.66. The van der Waals surface area contributed by atoms with E-state index >= 15 is 0 Å². The second kappa shape index (κ2) is 6.38. The maximum Gasteiger partial charge on any atom is 0.320 e. The molecule has 0 radical (unpaired) electrons. The van der Waals surface area contributed by atoms with Crippen molar-refractivity contribution in [2.24, 2.45) is 5.92 Å². The van der Waals surface area contributed by atoms with Gasteiger partial charge in [-0.1, -0.05) is 31.5 Å². The van der Waals surface area contributed by atoms with Gasteiger partial charge in [0.15, 0.2) is 0 Å². The van der Waals surface area contributed by atoms with Crippen LogP contribution < -0.4 is 5.32 Å². The minimum Gasteiger partial charge on any atom is -0.480 e. The van der Waals surface area contributed by atoms with E-state index in [4.69, 9.17) is 16.7 Å². The molecule has 17 heavy (non-hydrogen) atoms. The van der Waals surface area contributed by atoms with Crippen LogP contribution in [-0.4, -0.2) is 17.1 Å². The molecule has 0 heterocycles. The summed E-state index contributed by atoms with van der Waals surface area (Å²) in [4.78, 5) is 11.0. The Balaban J connectivity index is 2.65. The van der Waals surface area contributed by atoms with E-state index in [-0.39, 0.29) is 5.92 Å². The topological polar surface area (TPSA) is 49.3 Å². The van der Waals surface area contributed by atoms with Gasteiger partial charge in [0, 0.05) is 11.0 Å². The van der Waals surface area contributed by atoms with Crippen LogP contribution in [0.25, 0.3) is 0 Å². The Hall–Kier alpha value is -0.580. The van der Waals surface area contributed by atoms with Crippen molar-refractivity contribution in [1.82, 2.24) is 5.32 Å². The molecule has 0 amide bonds. The minimum atomic E-state index is -0.826. The quantitative estimate of drug-likeness (QED) is 0.875. The van der Waals surface area contributed by atoms with Gasteiger partial charge in [-0.2, -0.15) is 0 Å². The maximum atomic E-state index is 11.0. The van der Waals surface area contributed by atoms with E-state index in [2.05, 4.69) is 21.2 Å². The van der Waals surface area contributed by atoms with Gasteiger partial charge in [0.25, 0.3) is 0 Å². The molecule has 1 aromatic rings. The second-order valence-electron chi connectivity index (χ2n) is 4.19. The number of halogens is 2. The Morgan fingerprint density at radius 2 is 2.18 bits per heavy atom. The summed E-state index contributed by atoms with van der Waals surface area (Å²) in [6.07, 6.45) is 0. The van der Waals surface area contributed by atoms with E-state index in [1.165, 1.54) is 0 Å². The standard InChI is InChI=1S/C12H15BrClNO2/c1-7(2)11(12(16)17)15-6-8-3-4-10(14)9(13)5-8/h3-5,7,11,15H,6H2,1-2H3,(H,16,17)/t11-/m1/s1. The van der Waals surface area contributed by atoms with Crippen molar-refractivity contribution in [2.45, 2.75) is 26.4 Å². The van der Waals surface area contributed by atoms with Gasteiger partial charge in [0.2, 0.25) is 0 Å². The molecule has 5 heteroatoms. The Morgan fingerprint density at radius 3 is 2.65 bits per heavy atom. The van der Waals surface area contributed by atoms with E-state index in [1.54, 1.807) is 6.07 Å². The van der Waals surface area contributed by atoms with Crippen molar-refractivity contribution < 1.29 is 9.90 Å². The summed E-state index contributed by atoms with van der Waals surface area (Å²) >= 11 is 9.22. The second-order valence-corrected chi connectivity index (χ2v) is 5.45. The van der Waals surface area contributed by atoms with E-state index in [0.717, 1.165) is 10.0 Å². The molecule has 0 fully saturated rings. The lowest BCUT2D eigenvalue weighted by atomic mass is 10.0. The average molecular weight is 321 g/mol. The molecule has 1 atom stereocenters. The molecule has 0 aliphatic carbocycles. The number of aliphatic carboxylic acids is 1. The molecule has 0 aromatic heterocycles. The highest BCUT2D eigenvalue weighted by Gasteiger charge is 2.20. The number of carbonyl (C=O) groups is 1. The van der Waals surface area contributed by atoms with Gasteiger partial charge < -0.3 is 10.4 Å². The van der Waals surface area contributed by atoms with Gasteiger partial charge in [-0.3, -0.25) is 4.79 Å². The maximum absolute atomic E-state index is 11.0. The van der Waals surface area contributed by atoms with Crippen molar-refractivity contribution in [2.75, 3.05) is 0 Å². The number of benzene rings is 1. The summed E-state index contributed by atoms with van der Waals surface area (Å²) in [5, 5.41) is 12.7. The fraction of sp³-hybridized carbons (Fsp3) is 0.417. The van der Waals surface area contributed by atoms with Gasteiger partial charge in [0.1, 0.15) is 6.04 Å². The monoisotopic (exact) mass is 319 g/mol. The lowest BCUT2D eigenvalue weighted by Crippen LogP contribution is -2.40. The first-order valence-corrected chi connectivity index (χ1v) is 6.49. The summed E-state index contributed by atoms with van der Waals surface area (Å²) in [5.74, 6) is -0.781. The molecular formula is C12H15BrClNO2. The Bertz CT molecular complexity index is 409. The van der Waals surface area contributed by atoms with Crippen LogP contribution in [0.2, 0.25) is 5.02 Å². The first-order chi connectivity index (χ1) is 7.91. The third kappa shape index (κ3) is 4.30. The zero-order chi connectivity index (χ0) is 13.0. The molecule has 3 nitrogen and oxygen atoms in total. The summed E-state index contributed by atoms with van der Waals surface area (Å²) in [5.41, 5.74) is 0.994. The van der Waals surface area contributed by atoms with Crippen LogP contribution in [0.3, 0.4) is 0 Å². The average Bonchev–Trinajstić information content (AvgIpc) is 2.22. The molecule has 94 valence electrons. The van der Waals surface area contributed by atoms with Crippen LogP contribution in [0, 0.1) is 5.92 Å². The molecule has 0 bridgehead atoms. The molecule has 2 N–H and O–H groups in total. The Labute approximate surface area is 114 Å². The molecule has 0 spiro atoms. The Morgan fingerprint density at radius 1 is 1.53 bits per heavy atom. The highest BCUT2D eigenvalue weighted by atomic mass is 79.9. The van der Waals surface area contributed by atoms with E-state index in [9.17, 15) is 4.79 Å². The lowest BCUT2D eigenvalue weighted by Gasteiger charge is -2.18. The number of nitrogens with one attached hydrogen (secondary N) is 1. The molecule has 0 saturated carbocycles.